The highest BCUT2D eigenvalue weighted by Crippen LogP contribution is 2.27. The van der Waals surface area contributed by atoms with Gasteiger partial charge in [0, 0.05) is 6.42 Å². The molecule has 0 aromatic rings. The third kappa shape index (κ3) is 3.64. The van der Waals surface area contributed by atoms with E-state index in [1.165, 1.54) is 6.08 Å². The summed E-state index contributed by atoms with van der Waals surface area (Å²) in [5, 5.41) is 2.15. The van der Waals surface area contributed by atoms with Gasteiger partial charge in [-0.05, 0) is 12.8 Å². The molecule has 0 aliphatic carbocycles. The first kappa shape index (κ1) is 18.5. The largest absolute Gasteiger partial charge is 0.295 e. The van der Waals surface area contributed by atoms with E-state index in [1.807, 2.05) is 20.8 Å². The molecule has 0 radical (unpaired) electrons. The lowest BCUT2D eigenvalue weighted by atomic mass is 10.0. The molecular formula is C17H22N2O4. The second-order valence-electron chi connectivity index (χ2n) is 4.79. The maximum atomic E-state index is 12.4. The molecule has 2 heterocycles. The van der Waals surface area contributed by atoms with Gasteiger partial charge in [0.25, 0.3) is 11.8 Å². The minimum absolute atomic E-state index is 0.108. The van der Waals surface area contributed by atoms with Crippen molar-refractivity contribution in [3.8, 4) is 0 Å². The predicted octanol–water partition coefficient (Wildman–Crippen LogP) is 1.64. The third-order valence-electron chi connectivity index (χ3n) is 3.43. The molecule has 0 bridgehead atoms. The zero-order chi connectivity index (χ0) is 17.6. The summed E-state index contributed by atoms with van der Waals surface area (Å²) < 4.78 is 0. The molecule has 0 aromatic heterocycles. The van der Waals surface area contributed by atoms with Crippen molar-refractivity contribution in [3.63, 3.8) is 0 Å². The van der Waals surface area contributed by atoms with Crippen LogP contribution >= 0.6 is 0 Å². The minimum atomic E-state index is -0.940. The molecule has 6 nitrogen and oxygen atoms in total. The molecule has 2 aliphatic heterocycles. The fraction of sp³-hybridized carbons (Fsp3) is 0.412. The molecule has 0 aromatic carbocycles. The molecule has 2 aliphatic rings. The Labute approximate surface area is 135 Å². The van der Waals surface area contributed by atoms with Crippen molar-refractivity contribution >= 4 is 23.6 Å². The van der Waals surface area contributed by atoms with Crippen LogP contribution in [-0.4, -0.2) is 34.6 Å². The summed E-state index contributed by atoms with van der Waals surface area (Å²) in [6, 6.07) is -0.940. The lowest BCUT2D eigenvalue weighted by molar-refractivity contribution is -0.149. The minimum Gasteiger partial charge on any atom is -0.295 e. The quantitative estimate of drug-likeness (QED) is 0.799. The van der Waals surface area contributed by atoms with Crippen LogP contribution in [0.25, 0.3) is 0 Å². The van der Waals surface area contributed by atoms with Gasteiger partial charge < -0.3 is 0 Å². The number of carbonyl (C=O) groups is 4. The summed E-state index contributed by atoms with van der Waals surface area (Å²) in [4.78, 5) is 48.7. The van der Waals surface area contributed by atoms with Crippen LogP contribution < -0.4 is 5.32 Å². The Bertz CT molecular complexity index is 602. The molecule has 0 spiro atoms. The van der Waals surface area contributed by atoms with E-state index in [0.29, 0.717) is 6.42 Å². The molecule has 1 unspecified atom stereocenters. The van der Waals surface area contributed by atoms with E-state index in [-0.39, 0.29) is 24.0 Å². The van der Waals surface area contributed by atoms with E-state index >= 15 is 0 Å². The maximum Gasteiger partial charge on any atom is 0.262 e. The van der Waals surface area contributed by atoms with E-state index in [2.05, 4.69) is 11.9 Å². The lowest BCUT2D eigenvalue weighted by Crippen LogP contribution is -2.54. The fourth-order valence-electron chi connectivity index (χ4n) is 2.39. The summed E-state index contributed by atoms with van der Waals surface area (Å²) in [6.45, 7) is 9.46. The van der Waals surface area contributed by atoms with E-state index in [4.69, 9.17) is 0 Å². The Hall–Kier alpha value is -2.50. The topological polar surface area (TPSA) is 83.6 Å². The predicted molar refractivity (Wildman–Crippen MR) is 86.0 cm³/mol. The van der Waals surface area contributed by atoms with Crippen LogP contribution in [0.2, 0.25) is 0 Å². The molecule has 4 amide bonds. The molecule has 2 rings (SSSR count). The van der Waals surface area contributed by atoms with Crippen LogP contribution in [0.5, 0.6) is 0 Å². The van der Waals surface area contributed by atoms with Crippen molar-refractivity contribution < 1.29 is 19.2 Å². The molecular weight excluding hydrogens is 296 g/mol. The van der Waals surface area contributed by atoms with Gasteiger partial charge in [-0.1, -0.05) is 45.6 Å². The Kier molecular flexibility index (Phi) is 6.63. The number of piperidine rings is 1. The van der Waals surface area contributed by atoms with E-state index in [0.717, 1.165) is 4.90 Å². The highest BCUT2D eigenvalue weighted by Gasteiger charge is 2.44. The van der Waals surface area contributed by atoms with Gasteiger partial charge in [0.15, 0.2) is 0 Å². The van der Waals surface area contributed by atoms with Crippen LogP contribution in [0, 0.1) is 0 Å². The first-order valence-electron chi connectivity index (χ1n) is 7.76. The number of hydrogen-bond acceptors (Lipinski definition) is 4. The monoisotopic (exact) mass is 318 g/mol. The van der Waals surface area contributed by atoms with Crippen molar-refractivity contribution in [2.45, 2.75) is 46.1 Å². The summed E-state index contributed by atoms with van der Waals surface area (Å²) in [6.07, 6.45) is 5.63. The van der Waals surface area contributed by atoms with E-state index < -0.39 is 29.7 Å². The molecule has 1 saturated heterocycles. The van der Waals surface area contributed by atoms with E-state index in [1.54, 1.807) is 12.2 Å². The highest BCUT2D eigenvalue weighted by atomic mass is 16.2. The SMILES string of the molecule is C=CC1=C(/C=C\CC)C(=O)N(C2CCC(=O)NC2=O)C1=O.CC. The van der Waals surface area contributed by atoms with Crippen LogP contribution in [-0.2, 0) is 19.2 Å². The number of amides is 4. The van der Waals surface area contributed by atoms with Gasteiger partial charge in [0.05, 0.1) is 11.1 Å². The van der Waals surface area contributed by atoms with Gasteiger partial charge in [-0.2, -0.15) is 0 Å². The number of imide groups is 2. The first-order chi connectivity index (χ1) is 11.0. The number of carbonyl (C=O) groups excluding carboxylic acids is 4. The van der Waals surface area contributed by atoms with Gasteiger partial charge in [-0.25, -0.2) is 0 Å². The van der Waals surface area contributed by atoms with Crippen LogP contribution in [0.4, 0.5) is 0 Å². The Morgan fingerprint density at radius 1 is 1.17 bits per heavy atom. The number of nitrogens with one attached hydrogen (secondary N) is 1. The molecule has 23 heavy (non-hydrogen) atoms. The van der Waals surface area contributed by atoms with Crippen molar-refractivity contribution in [2.75, 3.05) is 0 Å². The fourth-order valence-corrected chi connectivity index (χ4v) is 2.39. The zero-order valence-corrected chi connectivity index (χ0v) is 13.7. The van der Waals surface area contributed by atoms with Gasteiger partial charge in [-0.15, -0.1) is 0 Å². The average Bonchev–Trinajstić information content (AvgIpc) is 2.78. The van der Waals surface area contributed by atoms with Gasteiger partial charge in [0.2, 0.25) is 11.8 Å². The normalized spacial score (nSPS) is 21.5. The number of allylic oxidation sites excluding steroid dienone is 1. The van der Waals surface area contributed by atoms with Crippen molar-refractivity contribution in [1.82, 2.24) is 10.2 Å². The van der Waals surface area contributed by atoms with Crippen molar-refractivity contribution in [1.29, 1.82) is 0 Å². The molecule has 0 saturated carbocycles. The molecule has 1 fully saturated rings. The van der Waals surface area contributed by atoms with Crippen LogP contribution in [0.3, 0.4) is 0 Å². The number of rotatable bonds is 4. The van der Waals surface area contributed by atoms with Crippen LogP contribution in [0.1, 0.15) is 40.0 Å². The third-order valence-corrected chi connectivity index (χ3v) is 3.43. The van der Waals surface area contributed by atoms with Crippen molar-refractivity contribution in [2.24, 2.45) is 0 Å². The van der Waals surface area contributed by atoms with Crippen LogP contribution in [0.15, 0.2) is 36.0 Å². The summed E-state index contributed by atoms with van der Waals surface area (Å²) in [5.74, 6) is -2.07. The number of hydrogen-bond donors (Lipinski definition) is 1. The average molecular weight is 318 g/mol. The van der Waals surface area contributed by atoms with Gasteiger partial charge >= 0.3 is 0 Å². The smallest absolute Gasteiger partial charge is 0.262 e. The molecule has 1 N–H and O–H groups in total. The standard InChI is InChI=1S/C15H16N2O4.C2H6/c1-3-5-6-10-9(4-2)14(20)17(15(10)21)11-7-8-12(18)16-13(11)19;1-2/h4-6,11H,2-3,7-8H2,1H3,(H,16,18,19);1-2H3/b6-5-;. The molecule has 6 heteroatoms. The van der Waals surface area contributed by atoms with E-state index in [9.17, 15) is 19.2 Å². The Balaban J connectivity index is 0.00000127. The van der Waals surface area contributed by atoms with Gasteiger partial charge in [0.1, 0.15) is 6.04 Å². The second kappa shape index (κ2) is 8.22. The summed E-state index contributed by atoms with van der Waals surface area (Å²) >= 11 is 0. The number of nitrogens with zero attached hydrogens (tertiary/aromatic N) is 1. The maximum absolute atomic E-state index is 12.4. The first-order valence-corrected chi connectivity index (χ1v) is 7.76. The summed E-state index contributed by atoms with van der Waals surface area (Å²) in [7, 11) is 0. The molecule has 124 valence electrons. The zero-order valence-electron chi connectivity index (χ0n) is 13.7. The highest BCUT2D eigenvalue weighted by molar-refractivity contribution is 6.23. The Morgan fingerprint density at radius 3 is 2.30 bits per heavy atom. The summed E-state index contributed by atoms with van der Waals surface area (Å²) in [5.41, 5.74) is 0.427. The second-order valence-corrected chi connectivity index (χ2v) is 4.79. The van der Waals surface area contributed by atoms with Crippen molar-refractivity contribution in [3.05, 3.63) is 36.0 Å². The van der Waals surface area contributed by atoms with Gasteiger partial charge in [-0.3, -0.25) is 29.4 Å². The molecule has 1 atom stereocenters. The lowest BCUT2D eigenvalue weighted by Gasteiger charge is -2.28. The Morgan fingerprint density at radius 2 is 1.78 bits per heavy atom.